The molecular formula is C12H15BrN2OS. The molecule has 0 radical (unpaired) electrons. The van der Waals surface area contributed by atoms with Crippen LogP contribution in [-0.4, -0.2) is 30.9 Å². The molecule has 3 nitrogen and oxygen atoms in total. The van der Waals surface area contributed by atoms with Gasteiger partial charge in [0, 0.05) is 40.4 Å². The summed E-state index contributed by atoms with van der Waals surface area (Å²) in [7, 11) is 1.85. The molecular weight excluding hydrogens is 300 g/mol. The number of carbonyl (C=O) groups is 1. The summed E-state index contributed by atoms with van der Waals surface area (Å²) >= 11 is 5.09. The first-order valence-corrected chi connectivity index (χ1v) is 7.13. The van der Waals surface area contributed by atoms with E-state index in [0.29, 0.717) is 6.54 Å². The number of hydrogen-bond acceptors (Lipinski definition) is 3. The van der Waals surface area contributed by atoms with Crippen molar-refractivity contribution in [2.24, 2.45) is 0 Å². The molecule has 0 spiro atoms. The lowest BCUT2D eigenvalue weighted by molar-refractivity contribution is -0.126. The van der Waals surface area contributed by atoms with Gasteiger partial charge in [0.2, 0.25) is 5.91 Å². The molecule has 2 rings (SSSR count). The van der Waals surface area contributed by atoms with Gasteiger partial charge in [-0.1, -0.05) is 0 Å². The van der Waals surface area contributed by atoms with Crippen LogP contribution in [0.2, 0.25) is 0 Å². The molecule has 1 saturated heterocycles. The molecule has 1 aromatic rings. The van der Waals surface area contributed by atoms with E-state index in [2.05, 4.69) is 27.3 Å². The van der Waals surface area contributed by atoms with E-state index in [1.807, 2.05) is 19.4 Å². The SMILES string of the molecule is CC(C(=O)N(C)Cc1cc(Br)cs1)=C1CNC1. The fraction of sp³-hybridized carbons (Fsp3) is 0.417. The number of carbonyl (C=O) groups excluding carboxylic acids is 1. The van der Waals surface area contributed by atoms with Crippen molar-refractivity contribution in [2.45, 2.75) is 13.5 Å². The third kappa shape index (κ3) is 2.97. The molecule has 1 aliphatic heterocycles. The van der Waals surface area contributed by atoms with Crippen LogP contribution in [0.15, 0.2) is 27.1 Å². The lowest BCUT2D eigenvalue weighted by atomic mass is 10.0. The van der Waals surface area contributed by atoms with Crippen molar-refractivity contribution in [1.82, 2.24) is 10.2 Å². The first kappa shape index (κ1) is 12.8. The van der Waals surface area contributed by atoms with Crippen LogP contribution in [0.4, 0.5) is 0 Å². The Morgan fingerprint density at radius 2 is 2.29 bits per heavy atom. The van der Waals surface area contributed by atoms with Gasteiger partial charge in [-0.25, -0.2) is 0 Å². The quantitative estimate of drug-likeness (QED) is 0.869. The number of rotatable bonds is 3. The van der Waals surface area contributed by atoms with Crippen molar-refractivity contribution < 1.29 is 4.79 Å². The zero-order valence-corrected chi connectivity index (χ0v) is 12.3. The number of thiophene rings is 1. The molecule has 1 fully saturated rings. The lowest BCUT2D eigenvalue weighted by Gasteiger charge is -2.24. The lowest BCUT2D eigenvalue weighted by Crippen LogP contribution is -2.38. The Balaban J connectivity index is 2.00. The van der Waals surface area contributed by atoms with E-state index in [-0.39, 0.29) is 5.91 Å². The van der Waals surface area contributed by atoms with Gasteiger partial charge in [-0.15, -0.1) is 11.3 Å². The molecule has 0 atom stereocenters. The summed E-state index contributed by atoms with van der Waals surface area (Å²) < 4.78 is 1.08. The van der Waals surface area contributed by atoms with Crippen LogP contribution in [0.5, 0.6) is 0 Å². The Kier molecular flexibility index (Phi) is 4.01. The fourth-order valence-electron chi connectivity index (χ4n) is 1.69. The van der Waals surface area contributed by atoms with Crippen LogP contribution < -0.4 is 5.32 Å². The van der Waals surface area contributed by atoms with Gasteiger partial charge in [-0.05, 0) is 34.5 Å². The highest BCUT2D eigenvalue weighted by Crippen LogP contribution is 2.21. The number of nitrogens with zero attached hydrogens (tertiary/aromatic N) is 1. The van der Waals surface area contributed by atoms with E-state index in [0.717, 1.165) is 23.1 Å². The number of hydrogen-bond donors (Lipinski definition) is 1. The molecule has 5 heteroatoms. The number of amides is 1. The third-order valence-electron chi connectivity index (χ3n) is 2.89. The Labute approximate surface area is 114 Å². The van der Waals surface area contributed by atoms with Crippen molar-refractivity contribution in [1.29, 1.82) is 0 Å². The second-order valence-corrected chi connectivity index (χ2v) is 6.14. The van der Waals surface area contributed by atoms with E-state index >= 15 is 0 Å². The van der Waals surface area contributed by atoms with E-state index < -0.39 is 0 Å². The van der Waals surface area contributed by atoms with Crippen molar-refractivity contribution in [2.75, 3.05) is 20.1 Å². The fourth-order valence-corrected chi connectivity index (χ4v) is 3.20. The van der Waals surface area contributed by atoms with E-state index in [9.17, 15) is 4.79 Å². The Hall–Kier alpha value is -0.650. The smallest absolute Gasteiger partial charge is 0.249 e. The molecule has 92 valence electrons. The molecule has 17 heavy (non-hydrogen) atoms. The van der Waals surface area contributed by atoms with Crippen molar-refractivity contribution >= 4 is 33.2 Å². The van der Waals surface area contributed by atoms with Crippen LogP contribution in [0.25, 0.3) is 0 Å². The minimum atomic E-state index is 0.131. The van der Waals surface area contributed by atoms with Crippen LogP contribution in [0, 0.1) is 0 Å². The minimum Gasteiger partial charge on any atom is -0.337 e. The van der Waals surface area contributed by atoms with Gasteiger partial charge >= 0.3 is 0 Å². The summed E-state index contributed by atoms with van der Waals surface area (Å²) in [5.41, 5.74) is 2.12. The third-order valence-corrected chi connectivity index (χ3v) is 4.57. The van der Waals surface area contributed by atoms with Crippen LogP contribution in [0.3, 0.4) is 0 Å². The highest BCUT2D eigenvalue weighted by atomic mass is 79.9. The average molecular weight is 315 g/mol. The van der Waals surface area contributed by atoms with Gasteiger partial charge in [0.1, 0.15) is 0 Å². The molecule has 0 aliphatic carbocycles. The van der Waals surface area contributed by atoms with Crippen LogP contribution >= 0.6 is 27.3 Å². The first-order chi connectivity index (χ1) is 8.08. The molecule has 1 N–H and O–H groups in total. The van der Waals surface area contributed by atoms with Gasteiger partial charge < -0.3 is 10.2 Å². The first-order valence-electron chi connectivity index (χ1n) is 5.45. The van der Waals surface area contributed by atoms with Crippen LogP contribution in [-0.2, 0) is 11.3 Å². The van der Waals surface area contributed by atoms with Gasteiger partial charge in [0.05, 0.1) is 6.54 Å². The second kappa shape index (κ2) is 5.33. The normalized spacial score (nSPS) is 14.4. The molecule has 0 saturated carbocycles. The second-order valence-electron chi connectivity index (χ2n) is 4.22. The summed E-state index contributed by atoms with van der Waals surface area (Å²) in [6.45, 7) is 4.30. The zero-order valence-electron chi connectivity index (χ0n) is 9.92. The number of halogens is 1. The minimum absolute atomic E-state index is 0.131. The van der Waals surface area contributed by atoms with Crippen LogP contribution in [0.1, 0.15) is 11.8 Å². The standard InChI is InChI=1S/C12H15BrN2OS/c1-8(9-4-14-5-9)12(16)15(2)6-11-3-10(13)7-17-11/h3,7,14H,4-6H2,1-2H3. The Morgan fingerprint density at radius 3 is 2.76 bits per heavy atom. The van der Waals surface area contributed by atoms with Crippen molar-refractivity contribution in [3.05, 3.63) is 31.9 Å². The summed E-state index contributed by atoms with van der Waals surface area (Å²) in [6.07, 6.45) is 0. The largest absolute Gasteiger partial charge is 0.337 e. The maximum atomic E-state index is 12.1. The van der Waals surface area contributed by atoms with E-state index in [1.54, 1.807) is 16.2 Å². The van der Waals surface area contributed by atoms with Gasteiger partial charge in [-0.3, -0.25) is 4.79 Å². The number of likely N-dealkylation sites (N-methyl/N-ethyl adjacent to an activating group) is 1. The predicted molar refractivity (Wildman–Crippen MR) is 74.1 cm³/mol. The average Bonchev–Trinajstić information content (AvgIpc) is 2.60. The maximum absolute atomic E-state index is 12.1. The monoisotopic (exact) mass is 314 g/mol. The van der Waals surface area contributed by atoms with Gasteiger partial charge in [0.15, 0.2) is 0 Å². The summed E-state index contributed by atoms with van der Waals surface area (Å²) in [5, 5.41) is 5.19. The van der Waals surface area contributed by atoms with Gasteiger partial charge in [-0.2, -0.15) is 0 Å². The Bertz CT molecular complexity index is 461. The van der Waals surface area contributed by atoms with E-state index in [4.69, 9.17) is 0 Å². The molecule has 0 aromatic carbocycles. The van der Waals surface area contributed by atoms with Crippen molar-refractivity contribution in [3.63, 3.8) is 0 Å². The molecule has 2 heterocycles. The molecule has 0 unspecified atom stereocenters. The molecule has 0 bridgehead atoms. The maximum Gasteiger partial charge on any atom is 0.249 e. The summed E-state index contributed by atoms with van der Waals surface area (Å²) in [6, 6.07) is 2.06. The highest BCUT2D eigenvalue weighted by molar-refractivity contribution is 9.10. The topological polar surface area (TPSA) is 32.3 Å². The predicted octanol–water partition coefficient (Wildman–Crippen LogP) is 2.39. The summed E-state index contributed by atoms with van der Waals surface area (Å²) in [4.78, 5) is 15.1. The van der Waals surface area contributed by atoms with Gasteiger partial charge in [0.25, 0.3) is 0 Å². The molecule has 1 aromatic heterocycles. The molecule has 1 aliphatic rings. The molecule has 1 amide bonds. The van der Waals surface area contributed by atoms with Crippen molar-refractivity contribution in [3.8, 4) is 0 Å². The highest BCUT2D eigenvalue weighted by Gasteiger charge is 2.19. The van der Waals surface area contributed by atoms with E-state index in [1.165, 1.54) is 10.5 Å². The number of nitrogens with one attached hydrogen (secondary N) is 1. The Morgan fingerprint density at radius 1 is 1.59 bits per heavy atom. The summed E-state index contributed by atoms with van der Waals surface area (Å²) in [5.74, 6) is 0.131. The zero-order chi connectivity index (χ0) is 12.4.